The largest absolute Gasteiger partial charge is 0.396 e. The Morgan fingerprint density at radius 3 is 2.47 bits per heavy atom. The summed E-state index contributed by atoms with van der Waals surface area (Å²) >= 11 is 0. The van der Waals surface area contributed by atoms with E-state index in [1.807, 2.05) is 27.7 Å². The number of carbonyl (C=O) groups excluding carboxylic acids is 1. The second-order valence-electron chi connectivity index (χ2n) is 5.33. The minimum absolute atomic E-state index is 0.0640. The molecule has 0 radical (unpaired) electrons. The second-order valence-corrected chi connectivity index (χ2v) is 5.33. The summed E-state index contributed by atoms with van der Waals surface area (Å²) in [6.45, 7) is 10.3. The van der Waals surface area contributed by atoms with Gasteiger partial charge in [0.05, 0.1) is 5.69 Å². The van der Waals surface area contributed by atoms with E-state index in [-0.39, 0.29) is 24.5 Å². The number of aliphatic hydroxyl groups is 1. The van der Waals surface area contributed by atoms with E-state index in [0.717, 1.165) is 0 Å². The van der Waals surface area contributed by atoms with Gasteiger partial charge in [-0.1, -0.05) is 19.0 Å². The van der Waals surface area contributed by atoms with Crippen molar-refractivity contribution in [3.8, 4) is 0 Å². The standard InChI is InChI=1S/C14H24N2O3/c1-9(2)13-12(11(5)15-19-13)14(18)16(10(3)4)7-6-8-17/h9-10,17H,6-8H2,1-5H3. The maximum atomic E-state index is 12.6. The smallest absolute Gasteiger partial charge is 0.259 e. The van der Waals surface area contributed by atoms with Crippen molar-refractivity contribution in [2.45, 2.75) is 53.0 Å². The molecular formula is C14H24N2O3. The number of carbonyl (C=O) groups is 1. The van der Waals surface area contributed by atoms with Crippen LogP contribution in [0.2, 0.25) is 0 Å². The third-order valence-electron chi connectivity index (χ3n) is 3.07. The predicted molar refractivity (Wildman–Crippen MR) is 73.2 cm³/mol. The molecule has 5 heteroatoms. The van der Waals surface area contributed by atoms with Crippen LogP contribution in [0.15, 0.2) is 4.52 Å². The molecule has 0 aliphatic rings. The van der Waals surface area contributed by atoms with E-state index >= 15 is 0 Å². The Kier molecular flexibility index (Phi) is 5.54. The molecule has 0 fully saturated rings. The number of rotatable bonds is 6. The summed E-state index contributed by atoms with van der Waals surface area (Å²) in [6, 6.07) is 0.0772. The minimum atomic E-state index is -0.0640. The topological polar surface area (TPSA) is 66.6 Å². The van der Waals surface area contributed by atoms with E-state index in [1.165, 1.54) is 0 Å². The third-order valence-corrected chi connectivity index (χ3v) is 3.07. The first-order valence-electron chi connectivity index (χ1n) is 6.78. The van der Waals surface area contributed by atoms with Crippen LogP contribution in [-0.2, 0) is 0 Å². The molecule has 1 aromatic heterocycles. The quantitative estimate of drug-likeness (QED) is 0.860. The highest BCUT2D eigenvalue weighted by molar-refractivity contribution is 5.96. The van der Waals surface area contributed by atoms with Crippen LogP contribution in [0.5, 0.6) is 0 Å². The average molecular weight is 268 g/mol. The number of hydrogen-bond donors (Lipinski definition) is 1. The lowest BCUT2D eigenvalue weighted by atomic mass is 10.0. The molecule has 1 heterocycles. The van der Waals surface area contributed by atoms with E-state index < -0.39 is 0 Å². The molecule has 108 valence electrons. The van der Waals surface area contributed by atoms with E-state index in [1.54, 1.807) is 11.8 Å². The number of aromatic nitrogens is 1. The Labute approximate surface area is 114 Å². The molecule has 0 saturated carbocycles. The highest BCUT2D eigenvalue weighted by Gasteiger charge is 2.27. The monoisotopic (exact) mass is 268 g/mol. The van der Waals surface area contributed by atoms with Crippen LogP contribution in [0.4, 0.5) is 0 Å². The van der Waals surface area contributed by atoms with Gasteiger partial charge >= 0.3 is 0 Å². The lowest BCUT2D eigenvalue weighted by Gasteiger charge is -2.26. The van der Waals surface area contributed by atoms with Crippen molar-refractivity contribution in [1.82, 2.24) is 10.1 Å². The molecular weight excluding hydrogens is 244 g/mol. The molecule has 0 aliphatic carbocycles. The van der Waals surface area contributed by atoms with Crippen LogP contribution in [0.25, 0.3) is 0 Å². The van der Waals surface area contributed by atoms with Crippen LogP contribution >= 0.6 is 0 Å². The zero-order valence-electron chi connectivity index (χ0n) is 12.4. The Hall–Kier alpha value is -1.36. The van der Waals surface area contributed by atoms with Crippen molar-refractivity contribution < 1.29 is 14.4 Å². The van der Waals surface area contributed by atoms with Crippen molar-refractivity contribution in [3.63, 3.8) is 0 Å². The van der Waals surface area contributed by atoms with Gasteiger partial charge in [0.15, 0.2) is 5.76 Å². The van der Waals surface area contributed by atoms with Crippen molar-refractivity contribution in [2.24, 2.45) is 0 Å². The Morgan fingerprint density at radius 1 is 1.37 bits per heavy atom. The van der Waals surface area contributed by atoms with Crippen LogP contribution in [0, 0.1) is 6.92 Å². The fourth-order valence-corrected chi connectivity index (χ4v) is 2.02. The predicted octanol–water partition coefficient (Wildman–Crippen LogP) is 2.34. The molecule has 1 N–H and O–H groups in total. The van der Waals surface area contributed by atoms with Gasteiger partial charge in [-0.05, 0) is 27.2 Å². The number of aryl methyl sites for hydroxylation is 1. The molecule has 1 amide bonds. The van der Waals surface area contributed by atoms with E-state index in [2.05, 4.69) is 5.16 Å². The summed E-state index contributed by atoms with van der Waals surface area (Å²) in [7, 11) is 0. The summed E-state index contributed by atoms with van der Waals surface area (Å²) in [5, 5.41) is 12.8. The summed E-state index contributed by atoms with van der Waals surface area (Å²) in [6.07, 6.45) is 0.575. The third kappa shape index (κ3) is 3.56. The molecule has 5 nitrogen and oxygen atoms in total. The molecule has 1 rings (SSSR count). The van der Waals surface area contributed by atoms with Gasteiger partial charge in [0.1, 0.15) is 5.56 Å². The Morgan fingerprint density at radius 2 is 2.00 bits per heavy atom. The van der Waals surface area contributed by atoms with Crippen LogP contribution in [0.1, 0.15) is 61.8 Å². The van der Waals surface area contributed by atoms with Gasteiger partial charge in [0.25, 0.3) is 5.91 Å². The lowest BCUT2D eigenvalue weighted by Crippen LogP contribution is -2.38. The highest BCUT2D eigenvalue weighted by atomic mass is 16.5. The van der Waals surface area contributed by atoms with Gasteiger partial charge in [0.2, 0.25) is 0 Å². The van der Waals surface area contributed by atoms with Crippen LogP contribution in [0.3, 0.4) is 0 Å². The lowest BCUT2D eigenvalue weighted by molar-refractivity contribution is 0.0689. The molecule has 0 saturated heterocycles. The maximum Gasteiger partial charge on any atom is 0.259 e. The van der Waals surface area contributed by atoms with Gasteiger partial charge in [-0.3, -0.25) is 4.79 Å². The van der Waals surface area contributed by atoms with E-state index in [0.29, 0.717) is 30.0 Å². The van der Waals surface area contributed by atoms with E-state index in [9.17, 15) is 4.79 Å². The van der Waals surface area contributed by atoms with Crippen molar-refractivity contribution in [3.05, 3.63) is 17.0 Å². The Bertz CT molecular complexity index is 424. The van der Waals surface area contributed by atoms with Gasteiger partial charge < -0.3 is 14.5 Å². The fraction of sp³-hybridized carbons (Fsp3) is 0.714. The molecule has 0 aliphatic heterocycles. The number of nitrogens with zero attached hydrogens (tertiary/aromatic N) is 2. The molecule has 19 heavy (non-hydrogen) atoms. The summed E-state index contributed by atoms with van der Waals surface area (Å²) in [4.78, 5) is 14.4. The molecule has 0 aromatic carbocycles. The van der Waals surface area contributed by atoms with Crippen molar-refractivity contribution in [1.29, 1.82) is 0 Å². The van der Waals surface area contributed by atoms with Crippen LogP contribution < -0.4 is 0 Å². The van der Waals surface area contributed by atoms with Gasteiger partial charge in [-0.2, -0.15) is 0 Å². The van der Waals surface area contributed by atoms with Crippen molar-refractivity contribution >= 4 is 5.91 Å². The zero-order valence-corrected chi connectivity index (χ0v) is 12.4. The minimum Gasteiger partial charge on any atom is -0.396 e. The summed E-state index contributed by atoms with van der Waals surface area (Å²) in [5.74, 6) is 0.690. The summed E-state index contributed by atoms with van der Waals surface area (Å²) in [5.41, 5.74) is 1.20. The Balaban J connectivity index is 3.05. The molecule has 0 spiro atoms. The number of amides is 1. The normalized spacial score (nSPS) is 11.4. The van der Waals surface area contributed by atoms with Crippen LogP contribution in [-0.4, -0.2) is 40.3 Å². The SMILES string of the molecule is Cc1noc(C(C)C)c1C(=O)N(CCCO)C(C)C. The fourth-order valence-electron chi connectivity index (χ4n) is 2.02. The number of hydrogen-bond acceptors (Lipinski definition) is 4. The maximum absolute atomic E-state index is 12.6. The van der Waals surface area contributed by atoms with E-state index in [4.69, 9.17) is 9.63 Å². The highest BCUT2D eigenvalue weighted by Crippen LogP contribution is 2.24. The molecule has 0 unspecified atom stereocenters. The first kappa shape index (κ1) is 15.7. The van der Waals surface area contributed by atoms with Crippen molar-refractivity contribution in [2.75, 3.05) is 13.2 Å². The average Bonchev–Trinajstić information content (AvgIpc) is 2.71. The first-order chi connectivity index (χ1) is 8.90. The second kappa shape index (κ2) is 6.70. The molecule has 0 atom stereocenters. The van der Waals surface area contributed by atoms with Gasteiger partial charge in [0, 0.05) is 25.1 Å². The zero-order chi connectivity index (χ0) is 14.6. The van der Waals surface area contributed by atoms with Gasteiger partial charge in [-0.25, -0.2) is 0 Å². The van der Waals surface area contributed by atoms with Gasteiger partial charge in [-0.15, -0.1) is 0 Å². The first-order valence-corrected chi connectivity index (χ1v) is 6.78. The summed E-state index contributed by atoms with van der Waals surface area (Å²) < 4.78 is 5.27. The molecule has 0 bridgehead atoms. The molecule has 1 aromatic rings. The number of aliphatic hydroxyl groups excluding tert-OH is 1.